The van der Waals surface area contributed by atoms with Gasteiger partial charge in [-0.25, -0.2) is 13.2 Å². The lowest BCUT2D eigenvalue weighted by molar-refractivity contribution is -0.0484. The Kier molecular flexibility index (Phi) is 7.41. The molecule has 5 fully saturated rings. The molecule has 3 aromatic heterocycles. The topological polar surface area (TPSA) is 126 Å². The van der Waals surface area contributed by atoms with Crippen LogP contribution in [0.3, 0.4) is 0 Å². The van der Waals surface area contributed by atoms with E-state index >= 15 is 8.78 Å². The van der Waals surface area contributed by atoms with Gasteiger partial charge in [-0.3, -0.25) is 14.8 Å². The number of nitrogens with zero attached hydrogens (tertiary/aromatic N) is 7. The van der Waals surface area contributed by atoms with Crippen molar-refractivity contribution in [2.45, 2.75) is 69.1 Å². The number of nitrogens with two attached hydrogens (primary N) is 1. The zero-order chi connectivity index (χ0) is 34.6. The summed E-state index contributed by atoms with van der Waals surface area (Å²) in [7, 11) is 0. The fourth-order valence-corrected chi connectivity index (χ4v) is 10.7. The number of hydrogen-bond acceptors (Lipinski definition) is 12. The molecule has 2 N–H and O–H groups in total. The van der Waals surface area contributed by atoms with Crippen LogP contribution >= 0.6 is 11.3 Å². The van der Waals surface area contributed by atoms with Gasteiger partial charge in [-0.05, 0) is 43.4 Å². The minimum atomic E-state index is -0.924. The van der Waals surface area contributed by atoms with E-state index in [1.807, 2.05) is 0 Å². The molecular formula is C36H37F3N8O3S. The van der Waals surface area contributed by atoms with E-state index in [1.54, 1.807) is 0 Å². The molecule has 1 aromatic carbocycles. The number of aromatic nitrogens is 3. The van der Waals surface area contributed by atoms with Crippen LogP contribution in [0, 0.1) is 28.9 Å². The molecule has 9 heterocycles. The summed E-state index contributed by atoms with van der Waals surface area (Å²) < 4.78 is 65.3. The van der Waals surface area contributed by atoms with Crippen molar-refractivity contribution < 1.29 is 27.4 Å². The molecule has 0 saturated carbocycles. The van der Waals surface area contributed by atoms with Crippen LogP contribution in [0.2, 0.25) is 0 Å². The normalized spacial score (nSPS) is 27.7. The first-order valence-corrected chi connectivity index (χ1v) is 18.6. The summed E-state index contributed by atoms with van der Waals surface area (Å²) >= 11 is 0.940. The quantitative estimate of drug-likeness (QED) is 0.280. The van der Waals surface area contributed by atoms with Crippen LogP contribution in [0.15, 0.2) is 6.20 Å². The van der Waals surface area contributed by atoms with Gasteiger partial charge in [0.15, 0.2) is 11.6 Å². The second-order valence-electron chi connectivity index (χ2n) is 15.1. The van der Waals surface area contributed by atoms with Gasteiger partial charge in [0.25, 0.3) is 0 Å². The van der Waals surface area contributed by atoms with Crippen LogP contribution in [-0.4, -0.2) is 101 Å². The van der Waals surface area contributed by atoms with Crippen LogP contribution in [-0.2, 0) is 22.7 Å². The molecule has 6 aliphatic rings. The smallest absolute Gasteiger partial charge is 0.319 e. The first-order valence-electron chi connectivity index (χ1n) is 17.8. The van der Waals surface area contributed by atoms with Crippen molar-refractivity contribution in [3.63, 3.8) is 0 Å². The zero-order valence-electron chi connectivity index (χ0n) is 28.0. The standard InChI is InChI=1S/C36H37F3N8O3S/c37-19-6-36(4-1-5-46(36)10-19)17-50-35-43-31-28(34(44-35)47-20-2-3-21(47)12-45(11-20)9-18-13-48-14-18)24-16-49-15-23(24)26(29(31)39)30-27-22(7-40)33(41)51-32(27)25(38)8-42-30/h8,18-21H,1-6,9-17,41H2/t19-,20?,21?,36+/m1/s1. The largest absolute Gasteiger partial charge is 0.461 e. The molecule has 2 unspecified atom stereocenters. The lowest BCUT2D eigenvalue weighted by atomic mass is 9.93. The van der Waals surface area contributed by atoms with Crippen molar-refractivity contribution in [2.24, 2.45) is 5.92 Å². The number of anilines is 2. The summed E-state index contributed by atoms with van der Waals surface area (Å²) in [6.07, 6.45) is 4.23. The highest BCUT2D eigenvalue weighted by molar-refractivity contribution is 7.23. The molecule has 5 saturated heterocycles. The van der Waals surface area contributed by atoms with E-state index < -0.39 is 23.3 Å². The Morgan fingerprint density at radius 2 is 1.88 bits per heavy atom. The van der Waals surface area contributed by atoms with Crippen LogP contribution in [0.1, 0.15) is 48.8 Å². The average Bonchev–Trinajstić information content (AvgIpc) is 3.90. The molecule has 15 heteroatoms. The summed E-state index contributed by atoms with van der Waals surface area (Å²) in [4.78, 5) is 21.2. The Bertz CT molecular complexity index is 2130. The van der Waals surface area contributed by atoms with Gasteiger partial charge in [-0.1, -0.05) is 0 Å². The Hall–Kier alpha value is -3.81. The number of halogens is 3. The minimum Gasteiger partial charge on any atom is -0.461 e. The highest BCUT2D eigenvalue weighted by Gasteiger charge is 2.50. The van der Waals surface area contributed by atoms with Crippen LogP contribution < -0.4 is 15.4 Å². The van der Waals surface area contributed by atoms with Gasteiger partial charge in [0.1, 0.15) is 35.2 Å². The van der Waals surface area contributed by atoms with Crippen molar-refractivity contribution in [1.82, 2.24) is 24.8 Å². The molecule has 51 heavy (non-hydrogen) atoms. The first kappa shape index (κ1) is 31.9. The molecule has 10 rings (SSSR count). The van der Waals surface area contributed by atoms with E-state index in [4.69, 9.17) is 29.9 Å². The van der Waals surface area contributed by atoms with E-state index in [2.05, 4.69) is 25.8 Å². The molecule has 0 amide bonds. The summed E-state index contributed by atoms with van der Waals surface area (Å²) in [6, 6.07) is 2.43. The molecule has 11 nitrogen and oxygen atoms in total. The predicted molar refractivity (Wildman–Crippen MR) is 184 cm³/mol. The highest BCUT2D eigenvalue weighted by Crippen LogP contribution is 2.48. The number of likely N-dealkylation sites (tertiary alicyclic amines) is 1. The summed E-state index contributed by atoms with van der Waals surface area (Å²) in [5.41, 5.74) is 7.37. The third kappa shape index (κ3) is 4.86. The van der Waals surface area contributed by atoms with E-state index in [1.165, 1.54) is 0 Å². The highest BCUT2D eigenvalue weighted by atomic mass is 32.1. The first-order chi connectivity index (χ1) is 24.8. The van der Waals surface area contributed by atoms with Gasteiger partial charge in [-0.2, -0.15) is 15.2 Å². The number of fused-ring (bicyclic) bond motifs is 7. The Balaban J connectivity index is 1.14. The van der Waals surface area contributed by atoms with Crippen LogP contribution in [0.4, 0.5) is 24.0 Å². The van der Waals surface area contributed by atoms with Gasteiger partial charge >= 0.3 is 6.01 Å². The number of thiophene rings is 1. The van der Waals surface area contributed by atoms with E-state index in [0.29, 0.717) is 35.7 Å². The Labute approximate surface area is 296 Å². The van der Waals surface area contributed by atoms with Crippen LogP contribution in [0.25, 0.3) is 32.2 Å². The molecular weight excluding hydrogens is 682 g/mol. The predicted octanol–water partition coefficient (Wildman–Crippen LogP) is 4.92. The van der Waals surface area contributed by atoms with Crippen molar-refractivity contribution in [1.29, 1.82) is 5.26 Å². The van der Waals surface area contributed by atoms with Crippen LogP contribution in [0.5, 0.6) is 6.01 Å². The van der Waals surface area contributed by atoms with E-state index in [-0.39, 0.29) is 75.3 Å². The van der Waals surface area contributed by atoms with Crippen molar-refractivity contribution in [2.75, 3.05) is 63.2 Å². The van der Waals surface area contributed by atoms with Crippen molar-refractivity contribution >= 4 is 43.1 Å². The third-order valence-corrected chi connectivity index (χ3v) is 13.1. The third-order valence-electron chi connectivity index (χ3n) is 12.1. The molecule has 0 radical (unpaired) electrons. The van der Waals surface area contributed by atoms with E-state index in [0.717, 1.165) is 88.2 Å². The number of nitrogen functional groups attached to an aromatic ring is 1. The number of pyridine rings is 1. The number of rotatable bonds is 7. The second-order valence-corrected chi connectivity index (χ2v) is 16.1. The maximum Gasteiger partial charge on any atom is 0.319 e. The number of nitriles is 1. The molecule has 0 aliphatic carbocycles. The molecule has 4 aromatic rings. The summed E-state index contributed by atoms with van der Waals surface area (Å²) in [5.74, 6) is -0.141. The maximum absolute atomic E-state index is 17.5. The van der Waals surface area contributed by atoms with Gasteiger partial charge in [0.2, 0.25) is 0 Å². The lowest BCUT2D eigenvalue weighted by Crippen LogP contribution is -2.56. The van der Waals surface area contributed by atoms with Gasteiger partial charge in [0.05, 0.1) is 59.5 Å². The summed E-state index contributed by atoms with van der Waals surface area (Å²) in [5, 5.41) is 10.9. The van der Waals surface area contributed by atoms with Gasteiger partial charge in [0, 0.05) is 61.6 Å². The number of piperazine rings is 1. The number of benzene rings is 1. The molecule has 266 valence electrons. The molecule has 6 aliphatic heterocycles. The SMILES string of the molecule is N#Cc1c(N)sc2c(F)cnc(-c3c4c(c5c(N6C7CCC6CN(CC6COC6)C7)nc(OC[C@@]67CCCN6C[C@H](F)C7)nc5c3F)COC4)c12. The summed E-state index contributed by atoms with van der Waals surface area (Å²) in [6.45, 7) is 6.00. The Morgan fingerprint density at radius 3 is 2.65 bits per heavy atom. The molecule has 4 atom stereocenters. The monoisotopic (exact) mass is 718 g/mol. The minimum absolute atomic E-state index is 0.0351. The average molecular weight is 719 g/mol. The number of hydrogen-bond donors (Lipinski definition) is 1. The lowest BCUT2D eigenvalue weighted by Gasteiger charge is -2.44. The fraction of sp³-hybridized carbons (Fsp3) is 0.556. The molecule has 0 spiro atoms. The van der Waals surface area contributed by atoms with Crippen molar-refractivity contribution in [3.05, 3.63) is 34.5 Å². The Morgan fingerprint density at radius 1 is 1.08 bits per heavy atom. The maximum atomic E-state index is 17.5. The van der Waals surface area contributed by atoms with Crippen molar-refractivity contribution in [3.8, 4) is 23.3 Å². The fourth-order valence-electron chi connectivity index (χ4n) is 9.77. The van der Waals surface area contributed by atoms with E-state index in [9.17, 15) is 9.65 Å². The van der Waals surface area contributed by atoms with Gasteiger partial charge in [-0.15, -0.1) is 11.3 Å². The zero-order valence-corrected chi connectivity index (χ0v) is 28.8. The number of alkyl halides is 1. The number of ether oxygens (including phenoxy) is 3. The molecule has 2 bridgehead atoms. The second kappa shape index (κ2) is 11.9. The van der Waals surface area contributed by atoms with Gasteiger partial charge < -0.3 is 24.8 Å².